The molecular formula is C17H24N2. The van der Waals surface area contributed by atoms with Crippen LogP contribution in [0.25, 0.3) is 16.8 Å². The molecular weight excluding hydrogens is 232 g/mol. The van der Waals surface area contributed by atoms with Gasteiger partial charge < -0.3 is 12.3 Å². The smallest absolute Gasteiger partial charge is 0.00732 e. The zero-order valence-electron chi connectivity index (χ0n) is 12.2. The zero-order valence-corrected chi connectivity index (χ0v) is 12.2. The highest BCUT2D eigenvalue weighted by molar-refractivity contribution is 5.97. The number of hydrogen-bond donors (Lipinski definition) is 2. The molecule has 0 aliphatic heterocycles. The Hall–Kier alpha value is -1.64. The molecule has 19 heavy (non-hydrogen) atoms. The summed E-state index contributed by atoms with van der Waals surface area (Å²) in [5.41, 5.74) is 5.87. The minimum Gasteiger partial charge on any atom is -0.344 e. The lowest BCUT2D eigenvalue weighted by Gasteiger charge is -2.21. The van der Waals surface area contributed by atoms with E-state index in [2.05, 4.69) is 57.2 Å². The molecule has 0 saturated heterocycles. The van der Waals surface area contributed by atoms with Gasteiger partial charge in [-0.05, 0) is 52.3 Å². The monoisotopic (exact) mass is 256 g/mol. The first-order chi connectivity index (χ1) is 8.18. The molecule has 0 unspecified atom stereocenters. The van der Waals surface area contributed by atoms with Crippen LogP contribution in [0.3, 0.4) is 0 Å². The lowest BCUT2D eigenvalue weighted by molar-refractivity contribution is 0.855. The van der Waals surface area contributed by atoms with Gasteiger partial charge in [0.15, 0.2) is 0 Å². The first kappa shape index (κ1) is 15.4. The van der Waals surface area contributed by atoms with E-state index in [1.165, 1.54) is 33.0 Å². The molecule has 0 atom stereocenters. The lowest BCUT2D eigenvalue weighted by Crippen LogP contribution is -2.02. The van der Waals surface area contributed by atoms with E-state index in [0.29, 0.717) is 5.92 Å². The molecule has 0 spiro atoms. The predicted molar refractivity (Wildman–Crippen MR) is 85.6 cm³/mol. The van der Waals surface area contributed by atoms with E-state index in [-0.39, 0.29) is 12.3 Å². The van der Waals surface area contributed by atoms with E-state index >= 15 is 0 Å². The van der Waals surface area contributed by atoms with Crippen LogP contribution in [0.4, 0.5) is 0 Å². The molecule has 102 valence electrons. The summed E-state index contributed by atoms with van der Waals surface area (Å²) in [5.74, 6) is 0.588. The largest absolute Gasteiger partial charge is 0.344 e. The molecule has 0 aromatic heterocycles. The molecule has 3 rings (SSSR count). The summed E-state index contributed by atoms with van der Waals surface area (Å²) in [6, 6.07) is 9.01. The summed E-state index contributed by atoms with van der Waals surface area (Å²) >= 11 is 0. The maximum absolute atomic E-state index is 2.34. The molecule has 1 aliphatic rings. The quantitative estimate of drug-likeness (QED) is 0.739. The Labute approximate surface area is 115 Å². The van der Waals surface area contributed by atoms with Gasteiger partial charge in [-0.3, -0.25) is 0 Å². The highest BCUT2D eigenvalue weighted by atomic mass is 14.2. The molecule has 0 radical (unpaired) electrons. The van der Waals surface area contributed by atoms with Gasteiger partial charge in [-0.25, -0.2) is 0 Å². The second-order valence-corrected chi connectivity index (χ2v) is 5.30. The van der Waals surface area contributed by atoms with Crippen molar-refractivity contribution in [3.8, 4) is 0 Å². The molecule has 1 aliphatic carbocycles. The third kappa shape index (κ3) is 2.29. The summed E-state index contributed by atoms with van der Waals surface area (Å²) in [5, 5.41) is 2.87. The lowest BCUT2D eigenvalue weighted by atomic mass is 9.84. The van der Waals surface area contributed by atoms with Crippen LogP contribution in [-0.2, 0) is 6.42 Å². The molecule has 2 aromatic carbocycles. The zero-order chi connectivity index (χ0) is 12.0. The van der Waals surface area contributed by atoms with E-state index in [4.69, 9.17) is 0 Å². The second kappa shape index (κ2) is 5.55. The maximum Gasteiger partial charge on any atom is -0.00732 e. The van der Waals surface area contributed by atoms with Crippen LogP contribution in [0, 0.1) is 6.92 Å². The molecule has 0 heterocycles. The van der Waals surface area contributed by atoms with Gasteiger partial charge in [0.05, 0.1) is 0 Å². The summed E-state index contributed by atoms with van der Waals surface area (Å²) < 4.78 is 0. The van der Waals surface area contributed by atoms with Gasteiger partial charge in [-0.2, -0.15) is 0 Å². The van der Waals surface area contributed by atoms with E-state index in [1.807, 2.05) is 0 Å². The number of aryl methyl sites for hydroxylation is 1. The average Bonchev–Trinajstić information content (AvgIpc) is 2.28. The Kier molecular flexibility index (Phi) is 4.51. The summed E-state index contributed by atoms with van der Waals surface area (Å²) in [4.78, 5) is 0. The highest BCUT2D eigenvalue weighted by Crippen LogP contribution is 2.36. The average molecular weight is 256 g/mol. The fraction of sp³-hybridized carbons (Fsp3) is 0.294. The maximum atomic E-state index is 2.34. The van der Waals surface area contributed by atoms with Gasteiger partial charge in [0.1, 0.15) is 0 Å². The van der Waals surface area contributed by atoms with Gasteiger partial charge in [-0.1, -0.05) is 50.3 Å². The molecule has 0 bridgehead atoms. The van der Waals surface area contributed by atoms with Crippen LogP contribution in [0.5, 0.6) is 0 Å². The van der Waals surface area contributed by atoms with E-state index in [1.54, 1.807) is 0 Å². The molecule has 0 saturated carbocycles. The van der Waals surface area contributed by atoms with Crippen molar-refractivity contribution >= 4 is 16.8 Å². The Bertz CT molecular complexity index is 625. The summed E-state index contributed by atoms with van der Waals surface area (Å²) in [7, 11) is 0. The number of allylic oxidation sites excluding steroid dienone is 1. The van der Waals surface area contributed by atoms with Gasteiger partial charge >= 0.3 is 0 Å². The summed E-state index contributed by atoms with van der Waals surface area (Å²) in [6.45, 7) is 6.81. The normalized spacial score (nSPS) is 12.2. The van der Waals surface area contributed by atoms with Crippen LogP contribution in [0.15, 0.2) is 30.3 Å². The first-order valence-electron chi connectivity index (χ1n) is 6.40. The summed E-state index contributed by atoms with van der Waals surface area (Å²) in [6.07, 6.45) is 5.69. The molecule has 2 nitrogen and oxygen atoms in total. The van der Waals surface area contributed by atoms with Gasteiger partial charge in [0.2, 0.25) is 0 Å². The van der Waals surface area contributed by atoms with Gasteiger partial charge in [-0.15, -0.1) is 0 Å². The molecule has 2 aromatic rings. The van der Waals surface area contributed by atoms with Crippen molar-refractivity contribution in [2.75, 3.05) is 0 Å². The standard InChI is InChI=1S/C17H18.2H3N/c1-11(2)16-12(3)10-14-8-4-6-13-7-5-9-15(16)17(13)14;;/h4-6,8-11H,7H2,1-3H3;2*1H3. The number of rotatable bonds is 1. The first-order valence-corrected chi connectivity index (χ1v) is 6.40. The molecule has 6 N–H and O–H groups in total. The van der Waals surface area contributed by atoms with Gasteiger partial charge in [0, 0.05) is 0 Å². The van der Waals surface area contributed by atoms with Crippen molar-refractivity contribution in [1.29, 1.82) is 0 Å². The van der Waals surface area contributed by atoms with Crippen LogP contribution in [-0.4, -0.2) is 0 Å². The fourth-order valence-electron chi connectivity index (χ4n) is 3.14. The fourth-order valence-corrected chi connectivity index (χ4v) is 3.14. The third-order valence-corrected chi connectivity index (χ3v) is 3.74. The van der Waals surface area contributed by atoms with Crippen molar-refractivity contribution in [2.24, 2.45) is 0 Å². The second-order valence-electron chi connectivity index (χ2n) is 5.30. The molecule has 2 heteroatoms. The van der Waals surface area contributed by atoms with Crippen molar-refractivity contribution in [3.05, 3.63) is 52.6 Å². The van der Waals surface area contributed by atoms with Crippen molar-refractivity contribution < 1.29 is 0 Å². The Balaban J connectivity index is 0.000000902. The van der Waals surface area contributed by atoms with E-state index in [9.17, 15) is 0 Å². The molecule has 0 amide bonds. The third-order valence-electron chi connectivity index (χ3n) is 3.74. The number of hydrogen-bond acceptors (Lipinski definition) is 2. The Morgan fingerprint density at radius 3 is 2.53 bits per heavy atom. The minimum absolute atomic E-state index is 0. The molecule has 0 fully saturated rings. The SMILES string of the molecule is Cc1cc2cccc3c2c(c1C(C)C)C=CC3.N.N. The van der Waals surface area contributed by atoms with E-state index < -0.39 is 0 Å². The Morgan fingerprint density at radius 2 is 1.84 bits per heavy atom. The van der Waals surface area contributed by atoms with Gasteiger partial charge in [0.25, 0.3) is 0 Å². The van der Waals surface area contributed by atoms with E-state index in [0.717, 1.165) is 6.42 Å². The van der Waals surface area contributed by atoms with Crippen LogP contribution < -0.4 is 12.3 Å². The minimum atomic E-state index is 0. The predicted octanol–water partition coefficient (Wildman–Crippen LogP) is 5.16. The Morgan fingerprint density at radius 1 is 1.11 bits per heavy atom. The van der Waals surface area contributed by atoms with Crippen molar-refractivity contribution in [2.45, 2.75) is 33.1 Å². The number of benzene rings is 2. The van der Waals surface area contributed by atoms with Crippen LogP contribution in [0.1, 0.15) is 42.0 Å². The van der Waals surface area contributed by atoms with Crippen molar-refractivity contribution in [1.82, 2.24) is 12.3 Å². The topological polar surface area (TPSA) is 70.0 Å². The van der Waals surface area contributed by atoms with Crippen LogP contribution in [0.2, 0.25) is 0 Å². The van der Waals surface area contributed by atoms with Crippen molar-refractivity contribution in [3.63, 3.8) is 0 Å². The van der Waals surface area contributed by atoms with Crippen LogP contribution >= 0.6 is 0 Å². The highest BCUT2D eigenvalue weighted by Gasteiger charge is 2.16.